The van der Waals surface area contributed by atoms with Crippen molar-refractivity contribution in [2.75, 3.05) is 12.4 Å². The van der Waals surface area contributed by atoms with Gasteiger partial charge in [0.25, 0.3) is 5.91 Å². The number of hydrogen-bond donors (Lipinski definition) is 1. The third-order valence-electron chi connectivity index (χ3n) is 4.95. The molecule has 1 amide bonds. The minimum Gasteiger partial charge on any atom is -0.465 e. The van der Waals surface area contributed by atoms with Crippen LogP contribution in [0.15, 0.2) is 48.9 Å². The van der Waals surface area contributed by atoms with Crippen LogP contribution >= 0.6 is 11.3 Å². The summed E-state index contributed by atoms with van der Waals surface area (Å²) in [5.74, 6) is -0.414. The van der Waals surface area contributed by atoms with Gasteiger partial charge in [-0.05, 0) is 36.3 Å². The molecule has 0 fully saturated rings. The molecule has 1 atom stereocenters. The number of methoxy groups -OCH3 is 1. The van der Waals surface area contributed by atoms with Crippen LogP contribution in [-0.2, 0) is 17.6 Å². The Morgan fingerprint density at radius 2 is 2.04 bits per heavy atom. The smallest absolute Gasteiger partial charge is 0.341 e. The number of nitrogens with zero attached hydrogens (tertiary/aromatic N) is 2. The minimum atomic E-state index is -0.426. The van der Waals surface area contributed by atoms with Gasteiger partial charge in [-0.15, -0.1) is 11.3 Å². The molecule has 0 saturated carbocycles. The van der Waals surface area contributed by atoms with Crippen molar-refractivity contribution < 1.29 is 14.3 Å². The molecule has 1 aliphatic rings. The fraction of sp³-hybridized carbons (Fsp3) is 0.238. The van der Waals surface area contributed by atoms with Crippen LogP contribution in [0.4, 0.5) is 5.00 Å². The molecule has 6 nitrogen and oxygen atoms in total. The molecule has 28 heavy (non-hydrogen) atoms. The number of carbonyl (C=O) groups is 2. The Morgan fingerprint density at radius 3 is 2.75 bits per heavy atom. The van der Waals surface area contributed by atoms with Crippen molar-refractivity contribution in [1.29, 1.82) is 0 Å². The lowest BCUT2D eigenvalue weighted by Gasteiger charge is -2.22. The Morgan fingerprint density at radius 1 is 1.21 bits per heavy atom. The first-order valence-corrected chi connectivity index (χ1v) is 9.84. The van der Waals surface area contributed by atoms with Crippen LogP contribution in [-0.4, -0.2) is 29.0 Å². The predicted molar refractivity (Wildman–Crippen MR) is 107 cm³/mol. The SMILES string of the molecule is COC(=O)c1c(NC(=O)c2cnccn2)sc2c1CC[C@@H](c1ccccc1)C2. The monoisotopic (exact) mass is 393 g/mol. The summed E-state index contributed by atoms with van der Waals surface area (Å²) in [5.41, 5.74) is 2.95. The molecule has 4 rings (SSSR count). The third kappa shape index (κ3) is 3.53. The number of hydrogen-bond acceptors (Lipinski definition) is 6. The summed E-state index contributed by atoms with van der Waals surface area (Å²) in [5, 5.41) is 3.35. The Kier molecular flexibility index (Phi) is 5.16. The van der Waals surface area contributed by atoms with E-state index in [9.17, 15) is 9.59 Å². The second kappa shape index (κ2) is 7.90. The minimum absolute atomic E-state index is 0.201. The van der Waals surface area contributed by atoms with Crippen LogP contribution < -0.4 is 5.32 Å². The summed E-state index contributed by atoms with van der Waals surface area (Å²) in [7, 11) is 1.36. The van der Waals surface area contributed by atoms with Gasteiger partial charge in [-0.1, -0.05) is 30.3 Å². The van der Waals surface area contributed by atoms with E-state index in [1.54, 1.807) is 0 Å². The summed E-state index contributed by atoms with van der Waals surface area (Å²) in [6.07, 6.45) is 6.93. The molecule has 0 bridgehead atoms. The largest absolute Gasteiger partial charge is 0.465 e. The zero-order chi connectivity index (χ0) is 19.5. The van der Waals surface area contributed by atoms with Gasteiger partial charge in [0.1, 0.15) is 10.7 Å². The van der Waals surface area contributed by atoms with Crippen molar-refractivity contribution >= 4 is 28.2 Å². The first kappa shape index (κ1) is 18.3. The van der Waals surface area contributed by atoms with Gasteiger partial charge >= 0.3 is 5.97 Å². The molecular weight excluding hydrogens is 374 g/mol. The molecule has 1 aromatic carbocycles. The van der Waals surface area contributed by atoms with Crippen molar-refractivity contribution in [2.24, 2.45) is 0 Å². The number of ether oxygens (including phenoxy) is 1. The highest BCUT2D eigenvalue weighted by Crippen LogP contribution is 2.42. The second-order valence-corrected chi connectivity index (χ2v) is 7.70. The molecule has 0 radical (unpaired) electrons. The standard InChI is InChI=1S/C21H19N3O3S/c1-27-21(26)18-15-8-7-14(13-5-3-2-4-6-13)11-17(15)28-20(18)24-19(25)16-12-22-9-10-23-16/h2-6,9-10,12,14H,7-8,11H2,1H3,(H,24,25)/t14-/m1/s1. The van der Waals surface area contributed by atoms with E-state index in [1.807, 2.05) is 18.2 Å². The molecule has 142 valence electrons. The maximum atomic E-state index is 12.5. The molecule has 0 aliphatic heterocycles. The van der Waals surface area contributed by atoms with E-state index in [-0.39, 0.29) is 5.69 Å². The van der Waals surface area contributed by atoms with Crippen molar-refractivity contribution in [2.45, 2.75) is 25.2 Å². The maximum Gasteiger partial charge on any atom is 0.341 e. The Balaban J connectivity index is 1.65. The normalized spacial score (nSPS) is 15.5. The van der Waals surface area contributed by atoms with Gasteiger partial charge in [0, 0.05) is 17.3 Å². The van der Waals surface area contributed by atoms with Crippen molar-refractivity contribution in [3.05, 3.63) is 76.2 Å². The molecule has 7 heteroatoms. The van der Waals surface area contributed by atoms with Gasteiger partial charge in [-0.3, -0.25) is 9.78 Å². The van der Waals surface area contributed by atoms with Crippen molar-refractivity contribution in [3.63, 3.8) is 0 Å². The lowest BCUT2D eigenvalue weighted by Crippen LogP contribution is -2.17. The summed E-state index contributed by atoms with van der Waals surface area (Å²) < 4.78 is 4.99. The predicted octanol–water partition coefficient (Wildman–Crippen LogP) is 3.85. The van der Waals surface area contributed by atoms with E-state index in [2.05, 4.69) is 27.4 Å². The van der Waals surface area contributed by atoms with Crippen LogP contribution in [0.5, 0.6) is 0 Å². The van der Waals surface area contributed by atoms with Crippen LogP contribution in [0.2, 0.25) is 0 Å². The number of thiophene rings is 1. The average Bonchev–Trinajstić information content (AvgIpc) is 3.11. The lowest BCUT2D eigenvalue weighted by molar-refractivity contribution is 0.0601. The topological polar surface area (TPSA) is 81.2 Å². The summed E-state index contributed by atoms with van der Waals surface area (Å²) in [4.78, 5) is 34.0. The number of carbonyl (C=O) groups excluding carboxylic acids is 2. The number of nitrogens with one attached hydrogen (secondary N) is 1. The molecule has 0 saturated heterocycles. The fourth-order valence-electron chi connectivity index (χ4n) is 3.59. The number of aromatic nitrogens is 2. The van der Waals surface area contributed by atoms with Crippen LogP contribution in [0.25, 0.3) is 0 Å². The number of anilines is 1. The van der Waals surface area contributed by atoms with E-state index < -0.39 is 11.9 Å². The molecule has 1 aliphatic carbocycles. The molecule has 2 aromatic heterocycles. The van der Waals surface area contributed by atoms with E-state index >= 15 is 0 Å². The van der Waals surface area contributed by atoms with Gasteiger partial charge in [-0.2, -0.15) is 0 Å². The van der Waals surface area contributed by atoms with Crippen molar-refractivity contribution in [1.82, 2.24) is 9.97 Å². The van der Waals surface area contributed by atoms with Crippen LogP contribution in [0, 0.1) is 0 Å². The number of rotatable bonds is 4. The lowest BCUT2D eigenvalue weighted by atomic mass is 9.83. The van der Waals surface area contributed by atoms with Gasteiger partial charge in [0.2, 0.25) is 0 Å². The maximum absolute atomic E-state index is 12.5. The molecule has 0 unspecified atom stereocenters. The highest BCUT2D eigenvalue weighted by Gasteiger charge is 2.30. The van der Waals surface area contributed by atoms with Crippen LogP contribution in [0.3, 0.4) is 0 Å². The van der Waals surface area contributed by atoms with Crippen molar-refractivity contribution in [3.8, 4) is 0 Å². The molecule has 3 aromatic rings. The molecule has 2 heterocycles. The van der Waals surface area contributed by atoms with Gasteiger partial charge in [0.15, 0.2) is 0 Å². The van der Waals surface area contributed by atoms with E-state index in [4.69, 9.17) is 4.74 Å². The van der Waals surface area contributed by atoms with Gasteiger partial charge in [-0.25, -0.2) is 9.78 Å². The summed E-state index contributed by atoms with van der Waals surface area (Å²) in [6.45, 7) is 0. The zero-order valence-electron chi connectivity index (χ0n) is 15.3. The number of benzene rings is 1. The summed E-state index contributed by atoms with van der Waals surface area (Å²) in [6, 6.07) is 10.4. The van der Waals surface area contributed by atoms with E-state index in [0.717, 1.165) is 29.7 Å². The fourth-order valence-corrected chi connectivity index (χ4v) is 4.90. The Bertz CT molecular complexity index is 1000. The number of fused-ring (bicyclic) bond motifs is 1. The average molecular weight is 393 g/mol. The Hall–Kier alpha value is -3.06. The van der Waals surface area contributed by atoms with E-state index in [1.165, 1.54) is 42.6 Å². The Labute approximate surface area is 166 Å². The highest BCUT2D eigenvalue weighted by atomic mass is 32.1. The molecule has 1 N–H and O–H groups in total. The van der Waals surface area contributed by atoms with Gasteiger partial charge < -0.3 is 10.1 Å². The first-order chi connectivity index (χ1) is 13.7. The highest BCUT2D eigenvalue weighted by molar-refractivity contribution is 7.17. The number of esters is 1. The zero-order valence-corrected chi connectivity index (χ0v) is 16.2. The van der Waals surface area contributed by atoms with E-state index in [0.29, 0.717) is 16.5 Å². The molecule has 0 spiro atoms. The third-order valence-corrected chi connectivity index (χ3v) is 6.12. The molecular formula is C21H19N3O3S. The van der Waals surface area contributed by atoms with Crippen LogP contribution in [0.1, 0.15) is 49.2 Å². The quantitative estimate of drug-likeness (QED) is 0.681. The van der Waals surface area contributed by atoms with Gasteiger partial charge in [0.05, 0.1) is 18.9 Å². The second-order valence-electron chi connectivity index (χ2n) is 6.59. The first-order valence-electron chi connectivity index (χ1n) is 9.02. The number of amides is 1. The summed E-state index contributed by atoms with van der Waals surface area (Å²) >= 11 is 1.45.